The second kappa shape index (κ2) is 9.41. The number of anilines is 1. The number of benzene rings is 1. The van der Waals surface area contributed by atoms with Crippen molar-refractivity contribution in [3.05, 3.63) is 52.3 Å². The molecule has 12 heteroatoms. The van der Waals surface area contributed by atoms with Crippen molar-refractivity contribution in [2.45, 2.75) is 24.9 Å². The van der Waals surface area contributed by atoms with Gasteiger partial charge in [0.1, 0.15) is 0 Å². The summed E-state index contributed by atoms with van der Waals surface area (Å²) in [5, 5.41) is 11.3. The third-order valence-corrected chi connectivity index (χ3v) is 6.30. The van der Waals surface area contributed by atoms with Crippen molar-refractivity contribution < 1.29 is 23.1 Å². The van der Waals surface area contributed by atoms with Gasteiger partial charge in [-0.25, -0.2) is 9.97 Å². The molecule has 2 atom stereocenters. The van der Waals surface area contributed by atoms with E-state index >= 15 is 0 Å². The van der Waals surface area contributed by atoms with E-state index in [-0.39, 0.29) is 25.1 Å². The van der Waals surface area contributed by atoms with Gasteiger partial charge in [0.05, 0.1) is 17.7 Å². The normalized spacial score (nSPS) is 22.6. The molecule has 3 heterocycles. The molecule has 33 heavy (non-hydrogen) atoms. The molecule has 8 nitrogen and oxygen atoms in total. The van der Waals surface area contributed by atoms with Crippen molar-refractivity contribution in [3.8, 4) is 0 Å². The number of aliphatic hydroxyl groups excluding tert-OH is 1. The number of carbonyl (C=O) groups is 1. The summed E-state index contributed by atoms with van der Waals surface area (Å²) in [7, 11) is 0. The van der Waals surface area contributed by atoms with Crippen molar-refractivity contribution in [1.29, 1.82) is 0 Å². The predicted octanol–water partition coefficient (Wildman–Crippen LogP) is 1.62. The lowest BCUT2D eigenvalue weighted by Gasteiger charge is -2.38. The van der Waals surface area contributed by atoms with E-state index in [2.05, 4.69) is 19.8 Å². The SMILES string of the molecule is NC(=O)c1cnc(N2CC(O)C(N3CCN(Cc4ccc(Cl)cc4)CC3)C2)nc1C(F)(F)F. The highest BCUT2D eigenvalue weighted by atomic mass is 35.5. The van der Waals surface area contributed by atoms with Gasteiger partial charge in [-0.3, -0.25) is 14.6 Å². The minimum atomic E-state index is -4.85. The maximum Gasteiger partial charge on any atom is 0.434 e. The van der Waals surface area contributed by atoms with Crippen LogP contribution in [0.2, 0.25) is 5.02 Å². The standard InChI is InChI=1S/C21H24ClF3N6O2/c22-14-3-1-13(2-4-14)10-29-5-7-30(8-6-29)16-11-31(12-17(16)32)20-27-9-15(19(26)33)18(28-20)21(23,24)25/h1-4,9,16-17,32H,5-8,10-12H2,(H2,26,33). The molecule has 2 fully saturated rings. The van der Waals surface area contributed by atoms with Crippen LogP contribution < -0.4 is 10.6 Å². The Bertz CT molecular complexity index is 998. The Morgan fingerprint density at radius 2 is 1.82 bits per heavy atom. The zero-order valence-electron chi connectivity index (χ0n) is 17.7. The number of nitrogens with two attached hydrogens (primary N) is 1. The Morgan fingerprint density at radius 1 is 1.15 bits per heavy atom. The molecule has 2 aliphatic heterocycles. The zero-order chi connectivity index (χ0) is 23.8. The van der Waals surface area contributed by atoms with Crippen LogP contribution in [-0.2, 0) is 12.7 Å². The molecule has 0 bridgehead atoms. The highest BCUT2D eigenvalue weighted by molar-refractivity contribution is 6.30. The van der Waals surface area contributed by atoms with Crippen molar-refractivity contribution >= 4 is 23.5 Å². The van der Waals surface area contributed by atoms with Crippen LogP contribution in [-0.4, -0.2) is 82.2 Å². The van der Waals surface area contributed by atoms with Crippen LogP contribution in [0.3, 0.4) is 0 Å². The van der Waals surface area contributed by atoms with E-state index in [9.17, 15) is 23.1 Å². The minimum Gasteiger partial charge on any atom is -0.390 e. The molecule has 0 spiro atoms. The first-order chi connectivity index (χ1) is 15.6. The van der Waals surface area contributed by atoms with Crippen LogP contribution in [0.25, 0.3) is 0 Å². The summed E-state index contributed by atoms with van der Waals surface area (Å²) in [5.41, 5.74) is 4.05. The van der Waals surface area contributed by atoms with Gasteiger partial charge in [-0.05, 0) is 17.7 Å². The monoisotopic (exact) mass is 484 g/mol. The third-order valence-electron chi connectivity index (χ3n) is 6.05. The molecule has 0 aliphatic carbocycles. The number of halogens is 4. The first kappa shape index (κ1) is 23.7. The van der Waals surface area contributed by atoms with E-state index < -0.39 is 29.4 Å². The molecule has 2 saturated heterocycles. The molecule has 1 aromatic carbocycles. The summed E-state index contributed by atoms with van der Waals surface area (Å²) >= 11 is 5.94. The molecule has 2 unspecified atom stereocenters. The van der Waals surface area contributed by atoms with E-state index in [1.807, 2.05) is 24.3 Å². The molecule has 178 valence electrons. The summed E-state index contributed by atoms with van der Waals surface area (Å²) in [6.07, 6.45) is -4.82. The molecule has 0 radical (unpaired) electrons. The highest BCUT2D eigenvalue weighted by Crippen LogP contribution is 2.32. The van der Waals surface area contributed by atoms with Crippen LogP contribution in [0.5, 0.6) is 0 Å². The maximum absolute atomic E-state index is 13.3. The van der Waals surface area contributed by atoms with Crippen LogP contribution >= 0.6 is 11.6 Å². The summed E-state index contributed by atoms with van der Waals surface area (Å²) in [5.74, 6) is -1.43. The first-order valence-corrected chi connectivity index (χ1v) is 10.9. The molecular formula is C21H24ClF3N6O2. The summed E-state index contributed by atoms with van der Waals surface area (Å²) < 4.78 is 40.0. The number of primary amides is 1. The number of hydrogen-bond acceptors (Lipinski definition) is 7. The number of nitrogens with zero attached hydrogens (tertiary/aromatic N) is 5. The third kappa shape index (κ3) is 5.37. The van der Waals surface area contributed by atoms with E-state index in [1.54, 1.807) is 0 Å². The summed E-state index contributed by atoms with van der Waals surface area (Å²) in [6, 6.07) is 7.45. The van der Waals surface area contributed by atoms with Gasteiger partial charge >= 0.3 is 6.18 Å². The van der Waals surface area contributed by atoms with Gasteiger partial charge < -0.3 is 15.7 Å². The van der Waals surface area contributed by atoms with Crippen molar-refractivity contribution in [3.63, 3.8) is 0 Å². The topological polar surface area (TPSA) is 98.8 Å². The molecule has 3 N–H and O–H groups in total. The first-order valence-electron chi connectivity index (χ1n) is 10.5. The van der Waals surface area contributed by atoms with Crippen molar-refractivity contribution in [1.82, 2.24) is 19.8 Å². The number of aromatic nitrogens is 2. The lowest BCUT2D eigenvalue weighted by Crippen LogP contribution is -2.53. The van der Waals surface area contributed by atoms with E-state index in [1.165, 1.54) is 4.90 Å². The molecule has 2 aliphatic rings. The van der Waals surface area contributed by atoms with Crippen molar-refractivity contribution in [2.24, 2.45) is 5.73 Å². The largest absolute Gasteiger partial charge is 0.434 e. The molecule has 0 saturated carbocycles. The number of rotatable bonds is 5. The van der Waals surface area contributed by atoms with Gasteiger partial charge in [-0.1, -0.05) is 23.7 Å². The summed E-state index contributed by atoms with van der Waals surface area (Å²) in [6.45, 7) is 4.22. The second-order valence-electron chi connectivity index (χ2n) is 8.27. The Labute approximate surface area is 193 Å². The van der Waals surface area contributed by atoms with Gasteiger partial charge in [0.2, 0.25) is 5.95 Å². The lowest BCUT2D eigenvalue weighted by molar-refractivity contribution is -0.141. The van der Waals surface area contributed by atoms with Crippen molar-refractivity contribution in [2.75, 3.05) is 44.2 Å². The Hall–Kier alpha value is -2.47. The minimum absolute atomic E-state index is 0.100. The van der Waals surface area contributed by atoms with E-state index in [0.29, 0.717) is 5.02 Å². The van der Waals surface area contributed by atoms with E-state index in [0.717, 1.165) is 44.5 Å². The fourth-order valence-corrected chi connectivity index (χ4v) is 4.44. The van der Waals surface area contributed by atoms with Gasteiger partial charge in [-0.15, -0.1) is 0 Å². The predicted molar refractivity (Wildman–Crippen MR) is 116 cm³/mol. The fourth-order valence-electron chi connectivity index (χ4n) is 4.31. The number of piperazine rings is 1. The Balaban J connectivity index is 1.39. The Morgan fingerprint density at radius 3 is 2.42 bits per heavy atom. The van der Waals surface area contributed by atoms with E-state index in [4.69, 9.17) is 17.3 Å². The number of alkyl halides is 3. The quantitative estimate of drug-likeness (QED) is 0.665. The average Bonchev–Trinajstić information content (AvgIpc) is 3.16. The lowest BCUT2D eigenvalue weighted by atomic mass is 10.1. The van der Waals surface area contributed by atoms with Gasteiger partial charge in [0, 0.05) is 57.0 Å². The maximum atomic E-state index is 13.3. The Kier molecular flexibility index (Phi) is 6.76. The zero-order valence-corrected chi connectivity index (χ0v) is 18.4. The smallest absolute Gasteiger partial charge is 0.390 e. The molecule has 1 aromatic heterocycles. The van der Waals surface area contributed by atoms with Crippen LogP contribution in [0.1, 0.15) is 21.6 Å². The second-order valence-corrected chi connectivity index (χ2v) is 8.71. The van der Waals surface area contributed by atoms with Gasteiger partial charge in [0.25, 0.3) is 5.91 Å². The number of amides is 1. The van der Waals surface area contributed by atoms with Crippen LogP contribution in [0, 0.1) is 0 Å². The van der Waals surface area contributed by atoms with Crippen LogP contribution in [0.4, 0.5) is 19.1 Å². The molecule has 2 aromatic rings. The number of carbonyl (C=O) groups excluding carboxylic acids is 1. The molecule has 4 rings (SSSR count). The molecular weight excluding hydrogens is 461 g/mol. The fraction of sp³-hybridized carbons (Fsp3) is 0.476. The average molecular weight is 485 g/mol. The summed E-state index contributed by atoms with van der Waals surface area (Å²) in [4.78, 5) is 24.8. The molecule has 1 amide bonds. The van der Waals surface area contributed by atoms with Crippen LogP contribution in [0.15, 0.2) is 30.5 Å². The van der Waals surface area contributed by atoms with Gasteiger partial charge in [-0.2, -0.15) is 13.2 Å². The number of hydrogen-bond donors (Lipinski definition) is 2. The highest BCUT2D eigenvalue weighted by Gasteiger charge is 2.41. The number of aliphatic hydroxyl groups is 1. The van der Waals surface area contributed by atoms with Gasteiger partial charge in [0.15, 0.2) is 5.69 Å². The number of β-amino-alcohol motifs (C(OH)–C–C–N with tert-alkyl or cyclic N) is 1.